The van der Waals surface area contributed by atoms with E-state index in [0.29, 0.717) is 6.42 Å². The molecule has 0 aromatic heterocycles. The van der Waals surface area contributed by atoms with Crippen molar-refractivity contribution in [3.63, 3.8) is 0 Å². The topological polar surface area (TPSA) is 17.1 Å². The monoisotopic (exact) mass is 197 g/mol. The number of carbonyl (C=O) groups is 1. The summed E-state index contributed by atoms with van der Waals surface area (Å²) in [6.45, 7) is 4.02. The van der Waals surface area contributed by atoms with Crippen molar-refractivity contribution in [3.05, 3.63) is 67.1 Å². The Balaban J connectivity index is 2.29. The van der Waals surface area contributed by atoms with Crippen LogP contribution in [0.2, 0.25) is 0 Å². The third kappa shape index (κ3) is 1.91. The van der Waals surface area contributed by atoms with Crippen molar-refractivity contribution in [3.8, 4) is 0 Å². The Bertz CT molecular complexity index is 414. The molecule has 1 aromatic carbocycles. The summed E-state index contributed by atoms with van der Waals surface area (Å²) in [6, 6.07) is 9.32. The SMILES string of the molecule is [CH2]C1(C(=O)c2ccccc2)C=CC=CC1. The summed E-state index contributed by atoms with van der Waals surface area (Å²) in [4.78, 5) is 12.2. The van der Waals surface area contributed by atoms with E-state index in [-0.39, 0.29) is 5.78 Å². The van der Waals surface area contributed by atoms with Crippen LogP contribution in [0.15, 0.2) is 54.6 Å². The minimum atomic E-state index is -0.615. The average Bonchev–Trinajstić information content (AvgIpc) is 2.30. The molecule has 1 nitrogen and oxygen atoms in total. The van der Waals surface area contributed by atoms with Crippen molar-refractivity contribution in [2.45, 2.75) is 6.42 Å². The molecule has 0 N–H and O–H groups in total. The van der Waals surface area contributed by atoms with Gasteiger partial charge in [0.2, 0.25) is 0 Å². The molecule has 0 amide bonds. The molecule has 1 aliphatic rings. The summed E-state index contributed by atoms with van der Waals surface area (Å²) in [5.74, 6) is 0.0868. The quantitative estimate of drug-likeness (QED) is 0.665. The highest BCUT2D eigenvalue weighted by Crippen LogP contribution is 2.30. The van der Waals surface area contributed by atoms with Crippen molar-refractivity contribution in [1.29, 1.82) is 0 Å². The molecule has 0 saturated carbocycles. The number of allylic oxidation sites excluding steroid dienone is 4. The Morgan fingerprint density at radius 2 is 1.93 bits per heavy atom. The van der Waals surface area contributed by atoms with Crippen molar-refractivity contribution >= 4 is 5.78 Å². The molecule has 1 aliphatic carbocycles. The molecule has 1 aromatic rings. The van der Waals surface area contributed by atoms with Gasteiger partial charge < -0.3 is 0 Å². The lowest BCUT2D eigenvalue weighted by atomic mass is 9.77. The normalized spacial score (nSPS) is 24.1. The fourth-order valence-corrected chi connectivity index (χ4v) is 1.71. The van der Waals surface area contributed by atoms with Crippen LogP contribution >= 0.6 is 0 Å². The number of ketones is 1. The van der Waals surface area contributed by atoms with E-state index < -0.39 is 5.41 Å². The predicted molar refractivity (Wildman–Crippen MR) is 61.5 cm³/mol. The summed E-state index contributed by atoms with van der Waals surface area (Å²) in [5, 5.41) is 0. The van der Waals surface area contributed by atoms with E-state index >= 15 is 0 Å². The van der Waals surface area contributed by atoms with Gasteiger partial charge in [0, 0.05) is 5.56 Å². The highest BCUT2D eigenvalue weighted by molar-refractivity contribution is 6.02. The highest BCUT2D eigenvalue weighted by atomic mass is 16.1. The van der Waals surface area contributed by atoms with E-state index in [4.69, 9.17) is 0 Å². The molecule has 1 atom stereocenters. The van der Waals surface area contributed by atoms with Gasteiger partial charge in [0.05, 0.1) is 5.41 Å². The molecule has 15 heavy (non-hydrogen) atoms. The van der Waals surface area contributed by atoms with Gasteiger partial charge >= 0.3 is 0 Å². The van der Waals surface area contributed by atoms with Crippen LogP contribution in [0.3, 0.4) is 0 Å². The minimum Gasteiger partial charge on any atom is -0.293 e. The lowest BCUT2D eigenvalue weighted by molar-refractivity contribution is 0.0893. The summed E-state index contributed by atoms with van der Waals surface area (Å²) in [6.07, 6.45) is 8.37. The van der Waals surface area contributed by atoms with Gasteiger partial charge in [-0.25, -0.2) is 0 Å². The van der Waals surface area contributed by atoms with Gasteiger partial charge in [-0.1, -0.05) is 54.6 Å². The van der Waals surface area contributed by atoms with Gasteiger partial charge in [-0.05, 0) is 13.3 Å². The summed E-state index contributed by atoms with van der Waals surface area (Å²) >= 11 is 0. The van der Waals surface area contributed by atoms with Crippen molar-refractivity contribution in [1.82, 2.24) is 0 Å². The van der Waals surface area contributed by atoms with Gasteiger partial charge in [-0.15, -0.1) is 0 Å². The maximum absolute atomic E-state index is 12.2. The molecule has 0 saturated heterocycles. The minimum absolute atomic E-state index is 0.0868. The third-order valence-corrected chi connectivity index (χ3v) is 2.63. The summed E-state index contributed by atoms with van der Waals surface area (Å²) in [7, 11) is 0. The van der Waals surface area contributed by atoms with Crippen molar-refractivity contribution in [2.24, 2.45) is 5.41 Å². The molecule has 2 rings (SSSR count). The number of hydrogen-bond donors (Lipinski definition) is 0. The smallest absolute Gasteiger partial charge is 0.173 e. The molecule has 0 heterocycles. The number of rotatable bonds is 2. The number of Topliss-reactive ketones (excluding diaryl/α,β-unsaturated/α-hetero) is 1. The van der Waals surface area contributed by atoms with Crippen LogP contribution in [0, 0.1) is 12.3 Å². The molecule has 75 valence electrons. The first-order valence-corrected chi connectivity index (χ1v) is 5.02. The van der Waals surface area contributed by atoms with E-state index in [1.807, 2.05) is 54.6 Å². The number of carbonyl (C=O) groups excluding carboxylic acids is 1. The standard InChI is InChI=1S/C14H13O/c1-14(10-6-3-7-11-14)13(15)12-8-4-2-5-9-12/h2-10H,1,11H2. The summed E-state index contributed by atoms with van der Waals surface area (Å²) in [5.41, 5.74) is 0.114. The van der Waals surface area contributed by atoms with E-state index in [1.54, 1.807) is 0 Å². The van der Waals surface area contributed by atoms with Crippen LogP contribution in [0.4, 0.5) is 0 Å². The van der Waals surface area contributed by atoms with E-state index in [0.717, 1.165) is 5.56 Å². The zero-order valence-corrected chi connectivity index (χ0v) is 8.52. The number of benzene rings is 1. The fourth-order valence-electron chi connectivity index (χ4n) is 1.71. The van der Waals surface area contributed by atoms with Crippen LogP contribution in [0.1, 0.15) is 16.8 Å². The maximum atomic E-state index is 12.2. The second kappa shape index (κ2) is 3.85. The molecule has 1 heteroatoms. The Hall–Kier alpha value is -1.63. The molecule has 0 aliphatic heterocycles. The molecule has 0 spiro atoms. The molecule has 0 fully saturated rings. The van der Waals surface area contributed by atoms with E-state index in [2.05, 4.69) is 6.92 Å². The van der Waals surface area contributed by atoms with Crippen LogP contribution in [0.5, 0.6) is 0 Å². The van der Waals surface area contributed by atoms with Crippen LogP contribution in [0.25, 0.3) is 0 Å². The Labute approximate surface area is 90.1 Å². The third-order valence-electron chi connectivity index (χ3n) is 2.63. The maximum Gasteiger partial charge on any atom is 0.173 e. The average molecular weight is 197 g/mol. The summed E-state index contributed by atoms with van der Waals surface area (Å²) < 4.78 is 0. The van der Waals surface area contributed by atoms with Gasteiger partial charge in [-0.3, -0.25) is 4.79 Å². The fraction of sp³-hybridized carbons (Fsp3) is 0.143. The predicted octanol–water partition coefficient (Wildman–Crippen LogP) is 3.21. The van der Waals surface area contributed by atoms with Crippen LogP contribution < -0.4 is 0 Å². The second-order valence-corrected chi connectivity index (χ2v) is 3.84. The van der Waals surface area contributed by atoms with Gasteiger partial charge in [0.1, 0.15) is 0 Å². The van der Waals surface area contributed by atoms with Gasteiger partial charge in [-0.2, -0.15) is 0 Å². The van der Waals surface area contributed by atoms with Crippen molar-refractivity contribution < 1.29 is 4.79 Å². The Kier molecular flexibility index (Phi) is 2.55. The van der Waals surface area contributed by atoms with Crippen molar-refractivity contribution in [2.75, 3.05) is 0 Å². The van der Waals surface area contributed by atoms with Gasteiger partial charge in [0.15, 0.2) is 5.78 Å². The van der Waals surface area contributed by atoms with Gasteiger partial charge in [0.25, 0.3) is 0 Å². The Morgan fingerprint density at radius 3 is 2.53 bits per heavy atom. The first kappa shape index (κ1) is 9.91. The first-order valence-electron chi connectivity index (χ1n) is 5.02. The highest BCUT2D eigenvalue weighted by Gasteiger charge is 2.30. The molecular weight excluding hydrogens is 184 g/mol. The molecule has 1 unspecified atom stereocenters. The zero-order valence-electron chi connectivity index (χ0n) is 8.52. The lowest BCUT2D eigenvalue weighted by Crippen LogP contribution is -2.26. The molecule has 1 radical (unpaired) electrons. The largest absolute Gasteiger partial charge is 0.293 e. The molecule has 0 bridgehead atoms. The second-order valence-electron chi connectivity index (χ2n) is 3.84. The van der Waals surface area contributed by atoms with E-state index in [9.17, 15) is 4.79 Å². The Morgan fingerprint density at radius 1 is 1.20 bits per heavy atom. The molecular formula is C14H13O. The number of hydrogen-bond acceptors (Lipinski definition) is 1. The van der Waals surface area contributed by atoms with E-state index in [1.165, 1.54) is 0 Å². The zero-order chi connectivity index (χ0) is 10.7. The van der Waals surface area contributed by atoms with Crippen LogP contribution in [-0.2, 0) is 0 Å². The lowest BCUT2D eigenvalue weighted by Gasteiger charge is -2.24. The van der Waals surface area contributed by atoms with Crippen LogP contribution in [-0.4, -0.2) is 5.78 Å². The first-order chi connectivity index (χ1) is 7.22.